The Hall–Kier alpha value is -0.640. The summed E-state index contributed by atoms with van der Waals surface area (Å²) >= 11 is 5.33. The van der Waals surface area contributed by atoms with Crippen LogP contribution in [0.5, 0.6) is 0 Å². The van der Waals surface area contributed by atoms with E-state index in [1.165, 1.54) is 19.8 Å². The Kier molecular flexibility index (Phi) is 4.60. The Bertz CT molecular complexity index is 487. The fraction of sp³-hybridized carbons (Fsp3) is 0.333. The van der Waals surface area contributed by atoms with Crippen LogP contribution in [0.4, 0.5) is 0 Å². The molecule has 2 atom stereocenters. The summed E-state index contributed by atoms with van der Waals surface area (Å²) in [5.74, 6) is 0.385. The highest BCUT2D eigenvalue weighted by atomic mass is 79.9. The van der Waals surface area contributed by atoms with Gasteiger partial charge in [0.15, 0.2) is 0 Å². The molecule has 2 N–H and O–H groups in total. The predicted octanol–water partition coefficient (Wildman–Crippen LogP) is 5.01. The van der Waals surface area contributed by atoms with Crippen LogP contribution in [0.3, 0.4) is 0 Å². The monoisotopic (exact) mass is 323 g/mol. The highest BCUT2D eigenvalue weighted by Gasteiger charge is 2.21. The van der Waals surface area contributed by atoms with Gasteiger partial charge < -0.3 is 5.73 Å². The zero-order chi connectivity index (χ0) is 13.1. The Morgan fingerprint density at radius 2 is 1.94 bits per heavy atom. The van der Waals surface area contributed by atoms with E-state index >= 15 is 0 Å². The number of hydrogen-bond donors (Lipinski definition) is 1. The third kappa shape index (κ3) is 2.85. The van der Waals surface area contributed by atoms with Crippen molar-refractivity contribution in [3.8, 4) is 0 Å². The topological polar surface area (TPSA) is 26.0 Å². The summed E-state index contributed by atoms with van der Waals surface area (Å²) in [5, 5.41) is 0. The first-order valence-corrected chi connectivity index (χ1v) is 7.80. The first-order chi connectivity index (χ1) is 8.63. The molecule has 1 heterocycles. The molecule has 0 bridgehead atoms. The Morgan fingerprint density at radius 3 is 2.44 bits per heavy atom. The lowest BCUT2D eigenvalue weighted by Crippen LogP contribution is -2.18. The second-order valence-corrected chi connectivity index (χ2v) is 6.96. The van der Waals surface area contributed by atoms with Crippen LogP contribution in [0.15, 0.2) is 40.2 Å². The Balaban J connectivity index is 2.28. The molecule has 0 saturated carbocycles. The van der Waals surface area contributed by atoms with Gasteiger partial charge in [-0.15, -0.1) is 11.3 Å². The summed E-state index contributed by atoms with van der Waals surface area (Å²) in [6.07, 6.45) is 1.06. The van der Waals surface area contributed by atoms with E-state index < -0.39 is 0 Å². The van der Waals surface area contributed by atoms with E-state index in [-0.39, 0.29) is 6.04 Å². The van der Waals surface area contributed by atoms with Gasteiger partial charge in [-0.1, -0.05) is 37.3 Å². The average Bonchev–Trinajstić information content (AvgIpc) is 2.72. The Morgan fingerprint density at radius 1 is 1.28 bits per heavy atom. The average molecular weight is 324 g/mol. The molecule has 0 saturated heterocycles. The number of hydrogen-bond acceptors (Lipinski definition) is 2. The summed E-state index contributed by atoms with van der Waals surface area (Å²) in [6, 6.07) is 12.8. The zero-order valence-corrected chi connectivity index (χ0v) is 13.1. The van der Waals surface area contributed by atoms with Gasteiger partial charge >= 0.3 is 0 Å². The van der Waals surface area contributed by atoms with Gasteiger partial charge in [0.2, 0.25) is 0 Å². The van der Waals surface area contributed by atoms with E-state index in [0.29, 0.717) is 5.92 Å². The molecule has 0 spiro atoms. The van der Waals surface area contributed by atoms with E-state index in [0.717, 1.165) is 6.42 Å². The fourth-order valence-corrected chi connectivity index (χ4v) is 3.88. The van der Waals surface area contributed by atoms with Crippen molar-refractivity contribution in [3.63, 3.8) is 0 Å². The second-order valence-electron chi connectivity index (χ2n) is 4.56. The molecule has 0 radical (unpaired) electrons. The molecule has 1 nitrogen and oxygen atoms in total. The molecule has 0 aliphatic carbocycles. The highest BCUT2D eigenvalue weighted by Crippen LogP contribution is 2.38. The number of thiophene rings is 1. The molecule has 0 fully saturated rings. The molecule has 0 aliphatic heterocycles. The van der Waals surface area contributed by atoms with Gasteiger partial charge in [0, 0.05) is 16.8 Å². The maximum Gasteiger partial charge on any atom is 0.0731 e. The van der Waals surface area contributed by atoms with Crippen molar-refractivity contribution < 1.29 is 0 Å². The lowest BCUT2D eigenvalue weighted by atomic mass is 9.89. The molecule has 0 aliphatic rings. The molecule has 2 unspecified atom stereocenters. The van der Waals surface area contributed by atoms with Gasteiger partial charge in [-0.25, -0.2) is 0 Å². The highest BCUT2D eigenvalue weighted by molar-refractivity contribution is 9.11. The summed E-state index contributed by atoms with van der Waals surface area (Å²) in [5.41, 5.74) is 9.05. The van der Waals surface area contributed by atoms with E-state index in [1.54, 1.807) is 11.3 Å². The van der Waals surface area contributed by atoms with Crippen molar-refractivity contribution in [1.82, 2.24) is 0 Å². The van der Waals surface area contributed by atoms with Gasteiger partial charge in [0.1, 0.15) is 0 Å². The quantitative estimate of drug-likeness (QED) is 0.840. The van der Waals surface area contributed by atoms with Crippen LogP contribution in [0.2, 0.25) is 0 Å². The van der Waals surface area contributed by atoms with Crippen LogP contribution in [0, 0.1) is 6.92 Å². The second kappa shape index (κ2) is 6.00. The molecule has 1 aromatic carbocycles. The summed E-state index contributed by atoms with van der Waals surface area (Å²) in [7, 11) is 0. The maximum absolute atomic E-state index is 6.45. The summed E-state index contributed by atoms with van der Waals surface area (Å²) < 4.78 is 1.19. The number of benzene rings is 1. The van der Waals surface area contributed by atoms with Crippen molar-refractivity contribution in [2.75, 3.05) is 0 Å². The molecular formula is C15H18BrNS. The third-order valence-corrected chi connectivity index (χ3v) is 5.54. The van der Waals surface area contributed by atoms with Crippen LogP contribution >= 0.6 is 27.3 Å². The lowest BCUT2D eigenvalue weighted by Gasteiger charge is -2.22. The normalized spacial score (nSPS) is 14.4. The van der Waals surface area contributed by atoms with Crippen molar-refractivity contribution in [2.24, 2.45) is 5.73 Å². The first-order valence-electron chi connectivity index (χ1n) is 6.19. The van der Waals surface area contributed by atoms with Crippen molar-refractivity contribution >= 4 is 27.3 Å². The lowest BCUT2D eigenvalue weighted by molar-refractivity contribution is 0.546. The third-order valence-electron chi connectivity index (χ3n) is 3.31. The van der Waals surface area contributed by atoms with E-state index in [2.05, 4.69) is 60.1 Å². The minimum Gasteiger partial charge on any atom is -0.323 e. The predicted molar refractivity (Wildman–Crippen MR) is 83.2 cm³/mol. The van der Waals surface area contributed by atoms with Crippen LogP contribution in [-0.2, 0) is 0 Å². The zero-order valence-electron chi connectivity index (χ0n) is 10.7. The van der Waals surface area contributed by atoms with E-state index in [4.69, 9.17) is 5.73 Å². The summed E-state index contributed by atoms with van der Waals surface area (Å²) in [6.45, 7) is 4.31. The number of aryl methyl sites for hydroxylation is 1. The molecule has 3 heteroatoms. The molecule has 2 aromatic rings. The molecule has 2 rings (SSSR count). The first kappa shape index (κ1) is 13.8. The number of rotatable bonds is 4. The molecule has 0 amide bonds. The van der Waals surface area contributed by atoms with Crippen molar-refractivity contribution in [3.05, 3.63) is 56.2 Å². The van der Waals surface area contributed by atoms with E-state index in [9.17, 15) is 0 Å². The van der Waals surface area contributed by atoms with Gasteiger partial charge in [0.25, 0.3) is 0 Å². The maximum atomic E-state index is 6.45. The van der Waals surface area contributed by atoms with Crippen molar-refractivity contribution in [2.45, 2.75) is 32.2 Å². The van der Waals surface area contributed by atoms with Crippen LogP contribution in [0.1, 0.15) is 41.3 Å². The SMILES string of the molecule is CCC(c1ccccc1)C(N)c1cc(C)c(Br)s1. The minimum absolute atomic E-state index is 0.0763. The van der Waals surface area contributed by atoms with Crippen LogP contribution in [-0.4, -0.2) is 0 Å². The smallest absolute Gasteiger partial charge is 0.0731 e. The Labute approximate surface area is 121 Å². The standard InChI is InChI=1S/C15H18BrNS/c1-3-12(11-7-5-4-6-8-11)14(17)13-9-10(2)15(16)18-13/h4-9,12,14H,3,17H2,1-2H3. The van der Waals surface area contributed by atoms with Crippen molar-refractivity contribution in [1.29, 1.82) is 0 Å². The van der Waals surface area contributed by atoms with Gasteiger partial charge in [-0.3, -0.25) is 0 Å². The van der Waals surface area contributed by atoms with Gasteiger partial charge in [-0.05, 0) is 46.5 Å². The summed E-state index contributed by atoms with van der Waals surface area (Å²) in [4.78, 5) is 1.26. The molecule has 18 heavy (non-hydrogen) atoms. The largest absolute Gasteiger partial charge is 0.323 e. The van der Waals surface area contributed by atoms with Gasteiger partial charge in [0.05, 0.1) is 3.79 Å². The molecule has 1 aromatic heterocycles. The van der Waals surface area contributed by atoms with Crippen LogP contribution in [0.25, 0.3) is 0 Å². The minimum atomic E-state index is 0.0763. The number of halogens is 1. The van der Waals surface area contributed by atoms with E-state index in [1.807, 2.05) is 6.07 Å². The number of nitrogens with two attached hydrogens (primary N) is 1. The fourth-order valence-electron chi connectivity index (χ4n) is 2.24. The van der Waals surface area contributed by atoms with Crippen LogP contribution < -0.4 is 5.73 Å². The molecular weight excluding hydrogens is 306 g/mol. The van der Waals surface area contributed by atoms with Gasteiger partial charge in [-0.2, -0.15) is 0 Å². The molecule has 96 valence electrons.